The van der Waals surface area contributed by atoms with Gasteiger partial charge in [0.15, 0.2) is 0 Å². The van der Waals surface area contributed by atoms with Crippen molar-refractivity contribution in [2.45, 2.75) is 16.4 Å². The van der Waals surface area contributed by atoms with E-state index in [1.807, 2.05) is 0 Å². The van der Waals surface area contributed by atoms with Crippen LogP contribution in [-0.4, -0.2) is 34.8 Å². The number of pyridine rings is 1. The first-order valence-corrected chi connectivity index (χ1v) is 9.60. The monoisotopic (exact) mass is 441 g/mol. The second-order valence-corrected chi connectivity index (χ2v) is 7.19. The van der Waals surface area contributed by atoms with E-state index < -0.39 is 11.7 Å². The highest BCUT2D eigenvalue weighted by Gasteiger charge is 2.30. The summed E-state index contributed by atoms with van der Waals surface area (Å²) in [4.78, 5) is 12.6. The van der Waals surface area contributed by atoms with Crippen LogP contribution < -0.4 is 0 Å². The Balaban J connectivity index is 1.50. The van der Waals surface area contributed by atoms with E-state index in [-0.39, 0.29) is 16.9 Å². The molecule has 0 radical (unpaired) electrons. The van der Waals surface area contributed by atoms with Gasteiger partial charge in [-0.3, -0.25) is 4.98 Å². The molecule has 0 atom stereocenters. The molecule has 12 heteroatoms. The van der Waals surface area contributed by atoms with Crippen LogP contribution in [0.15, 0.2) is 75.7 Å². The van der Waals surface area contributed by atoms with Crippen LogP contribution in [-0.2, 0) is 6.18 Å². The summed E-state index contributed by atoms with van der Waals surface area (Å²) in [6.45, 7) is 0. The lowest BCUT2D eigenvalue weighted by atomic mass is 10.1. The zero-order valence-corrected chi connectivity index (χ0v) is 16.2. The molecule has 0 saturated carbocycles. The van der Waals surface area contributed by atoms with Gasteiger partial charge in [-0.15, -0.1) is 10.2 Å². The minimum absolute atomic E-state index is 0.238. The third kappa shape index (κ3) is 3.84. The molecule has 0 unspecified atom stereocenters. The van der Waals surface area contributed by atoms with E-state index in [2.05, 4.69) is 30.2 Å². The molecule has 0 spiro atoms. The molecule has 5 aromatic rings. The second-order valence-electron chi connectivity index (χ2n) is 6.22. The predicted molar refractivity (Wildman–Crippen MR) is 103 cm³/mol. The largest absolute Gasteiger partial charge is 0.416 e. The van der Waals surface area contributed by atoms with Crippen molar-refractivity contribution in [3.05, 3.63) is 66.6 Å². The highest BCUT2D eigenvalue weighted by atomic mass is 32.2. The minimum Gasteiger partial charge on any atom is -0.409 e. The lowest BCUT2D eigenvalue weighted by molar-refractivity contribution is -0.137. The summed E-state index contributed by atoms with van der Waals surface area (Å²) >= 11 is 1.13. The normalized spacial score (nSPS) is 11.8. The van der Waals surface area contributed by atoms with Crippen LogP contribution in [0.5, 0.6) is 0 Å². The maximum atomic E-state index is 12.9. The number of hydrogen-bond donors (Lipinski definition) is 0. The maximum absolute atomic E-state index is 12.9. The summed E-state index contributed by atoms with van der Waals surface area (Å²) in [6.07, 6.45) is -1.46. The number of hydrogen-bond acceptors (Lipinski definition) is 8. The molecule has 0 aliphatic heterocycles. The van der Waals surface area contributed by atoms with Crippen LogP contribution in [0.25, 0.3) is 28.6 Å². The van der Waals surface area contributed by atoms with Gasteiger partial charge in [0.1, 0.15) is 17.0 Å². The number of rotatable bonds is 4. The minimum atomic E-state index is -4.41. The number of aromatic nitrogens is 7. The lowest BCUT2D eigenvalue weighted by Gasteiger charge is -2.08. The van der Waals surface area contributed by atoms with Gasteiger partial charge in [-0.25, -0.2) is 4.98 Å². The Morgan fingerprint density at radius 2 is 1.77 bits per heavy atom. The molecule has 31 heavy (non-hydrogen) atoms. The molecule has 0 amide bonds. The van der Waals surface area contributed by atoms with Gasteiger partial charge in [-0.2, -0.15) is 27.8 Å². The summed E-state index contributed by atoms with van der Waals surface area (Å²) in [5.74, 6) is 0.541. The van der Waals surface area contributed by atoms with E-state index in [9.17, 15) is 13.2 Å². The molecule has 154 valence electrons. The molecular formula is C19H10F3N7OS. The fourth-order valence-electron chi connectivity index (χ4n) is 2.77. The topological polar surface area (TPSA) is 94.9 Å². The quantitative estimate of drug-likeness (QED) is 0.379. The Hall–Kier alpha value is -3.80. The van der Waals surface area contributed by atoms with Crippen LogP contribution in [0, 0.1) is 0 Å². The first kappa shape index (κ1) is 19.2. The molecule has 0 saturated heterocycles. The molecule has 0 bridgehead atoms. The number of halogens is 3. The number of benzene rings is 1. The highest BCUT2D eigenvalue weighted by molar-refractivity contribution is 7.99. The molecule has 1 aromatic carbocycles. The zero-order valence-electron chi connectivity index (χ0n) is 15.4. The van der Waals surface area contributed by atoms with Gasteiger partial charge in [0.25, 0.3) is 16.9 Å². The van der Waals surface area contributed by atoms with Crippen LogP contribution >= 0.6 is 11.8 Å². The van der Waals surface area contributed by atoms with E-state index in [1.54, 1.807) is 30.5 Å². The van der Waals surface area contributed by atoms with Crippen LogP contribution in [0.4, 0.5) is 13.2 Å². The van der Waals surface area contributed by atoms with Crippen molar-refractivity contribution < 1.29 is 17.6 Å². The maximum Gasteiger partial charge on any atom is 0.416 e. The van der Waals surface area contributed by atoms with Gasteiger partial charge in [0, 0.05) is 11.8 Å². The van der Waals surface area contributed by atoms with E-state index >= 15 is 0 Å². The average molecular weight is 441 g/mol. The van der Waals surface area contributed by atoms with Gasteiger partial charge < -0.3 is 4.42 Å². The third-order valence-electron chi connectivity index (χ3n) is 4.21. The van der Waals surface area contributed by atoms with Crippen molar-refractivity contribution in [2.24, 2.45) is 0 Å². The van der Waals surface area contributed by atoms with Gasteiger partial charge in [-0.1, -0.05) is 18.2 Å². The molecule has 4 heterocycles. The summed E-state index contributed by atoms with van der Waals surface area (Å²) in [5.41, 5.74) is 0.733. The van der Waals surface area contributed by atoms with Gasteiger partial charge in [0.2, 0.25) is 0 Å². The Morgan fingerprint density at radius 1 is 0.935 bits per heavy atom. The van der Waals surface area contributed by atoms with Crippen molar-refractivity contribution in [3.8, 4) is 22.8 Å². The standard InChI is InChI=1S/C19H10F3N7OS/c20-19(21,22)12-6-4-11(5-7-12)14-9-15(29-17(26-14)24-10-25-29)31-18-28-27-16(30-18)13-3-1-2-8-23-13/h1-10H. The van der Waals surface area contributed by atoms with Gasteiger partial charge in [-0.05, 0) is 42.1 Å². The molecule has 0 fully saturated rings. The van der Waals surface area contributed by atoms with Crippen LogP contribution in [0.2, 0.25) is 0 Å². The van der Waals surface area contributed by atoms with Crippen molar-refractivity contribution >= 4 is 17.5 Å². The van der Waals surface area contributed by atoms with Crippen LogP contribution in [0.3, 0.4) is 0 Å². The number of fused-ring (bicyclic) bond motifs is 1. The summed E-state index contributed by atoms with van der Waals surface area (Å²) in [7, 11) is 0. The van der Waals surface area contributed by atoms with E-state index in [4.69, 9.17) is 4.42 Å². The van der Waals surface area contributed by atoms with Crippen molar-refractivity contribution in [1.82, 2.24) is 34.8 Å². The van der Waals surface area contributed by atoms with Gasteiger partial charge in [0.05, 0.1) is 11.3 Å². The molecule has 0 aliphatic rings. The molecule has 4 aromatic heterocycles. The van der Waals surface area contributed by atoms with Gasteiger partial charge >= 0.3 is 6.18 Å². The first-order chi connectivity index (χ1) is 15.0. The molecule has 5 rings (SSSR count). The Labute approximate surface area is 176 Å². The molecule has 0 N–H and O–H groups in total. The summed E-state index contributed by atoms with van der Waals surface area (Å²) in [5, 5.41) is 12.9. The molecular weight excluding hydrogens is 431 g/mol. The zero-order chi connectivity index (χ0) is 21.4. The summed E-state index contributed by atoms with van der Waals surface area (Å²) < 4.78 is 45.7. The Morgan fingerprint density at radius 3 is 2.52 bits per heavy atom. The molecule has 8 nitrogen and oxygen atoms in total. The Bertz CT molecular complexity index is 1350. The number of alkyl halides is 3. The SMILES string of the molecule is FC(F)(F)c1ccc(-c2cc(Sc3nnc(-c4ccccn4)o3)n3ncnc3n2)cc1. The van der Waals surface area contributed by atoms with Crippen molar-refractivity contribution in [1.29, 1.82) is 0 Å². The average Bonchev–Trinajstić information content (AvgIpc) is 3.43. The fourth-order valence-corrected chi connectivity index (χ4v) is 3.54. The first-order valence-electron chi connectivity index (χ1n) is 8.78. The lowest BCUT2D eigenvalue weighted by Crippen LogP contribution is -2.04. The summed E-state index contributed by atoms with van der Waals surface area (Å²) in [6, 6.07) is 11.7. The number of nitrogens with zero attached hydrogens (tertiary/aromatic N) is 7. The Kier molecular flexibility index (Phi) is 4.62. The second kappa shape index (κ2) is 7.47. The van der Waals surface area contributed by atoms with Crippen LogP contribution in [0.1, 0.15) is 5.56 Å². The highest BCUT2D eigenvalue weighted by Crippen LogP contribution is 2.33. The fraction of sp³-hybridized carbons (Fsp3) is 0.0526. The van der Waals surface area contributed by atoms with Crippen molar-refractivity contribution in [3.63, 3.8) is 0 Å². The predicted octanol–water partition coefficient (Wildman–Crippen LogP) is 4.41. The van der Waals surface area contributed by atoms with Crippen molar-refractivity contribution in [2.75, 3.05) is 0 Å². The van der Waals surface area contributed by atoms with E-state index in [0.717, 1.165) is 23.9 Å². The molecule has 0 aliphatic carbocycles. The van der Waals surface area contributed by atoms with E-state index in [0.29, 0.717) is 22.0 Å². The third-order valence-corrected chi connectivity index (χ3v) is 5.05. The van der Waals surface area contributed by atoms with E-state index in [1.165, 1.54) is 23.0 Å². The smallest absolute Gasteiger partial charge is 0.409 e.